The summed E-state index contributed by atoms with van der Waals surface area (Å²) < 4.78 is 1.93. The lowest BCUT2D eigenvalue weighted by Gasteiger charge is -1.99. The van der Waals surface area contributed by atoms with Gasteiger partial charge in [0.15, 0.2) is 0 Å². The van der Waals surface area contributed by atoms with Crippen molar-refractivity contribution in [1.82, 2.24) is 9.78 Å². The van der Waals surface area contributed by atoms with Gasteiger partial charge in [0.05, 0.1) is 23.4 Å². The normalized spacial score (nSPS) is 14.4. The van der Waals surface area contributed by atoms with Crippen molar-refractivity contribution in [1.29, 1.82) is 5.26 Å². The molecule has 1 aliphatic rings. The van der Waals surface area contributed by atoms with E-state index in [0.717, 1.165) is 35.5 Å². The van der Waals surface area contributed by atoms with E-state index >= 15 is 0 Å². The summed E-state index contributed by atoms with van der Waals surface area (Å²) in [4.78, 5) is 0. The van der Waals surface area contributed by atoms with Gasteiger partial charge in [-0.2, -0.15) is 10.4 Å². The minimum atomic E-state index is 0.482. The fraction of sp³-hybridized carbons (Fsp3) is 0.286. The number of nitrogen functional groups attached to an aromatic ring is 1. The molecule has 0 saturated heterocycles. The molecule has 1 heterocycles. The largest absolute Gasteiger partial charge is 0.384 e. The summed E-state index contributed by atoms with van der Waals surface area (Å²) in [6.45, 7) is 1.99. The zero-order valence-corrected chi connectivity index (χ0v) is 10.2. The molecule has 4 nitrogen and oxygen atoms in total. The van der Waals surface area contributed by atoms with Crippen molar-refractivity contribution < 1.29 is 0 Å². The Morgan fingerprint density at radius 2 is 2.00 bits per heavy atom. The molecule has 2 N–H and O–H groups in total. The Morgan fingerprint density at radius 3 is 2.56 bits per heavy atom. The van der Waals surface area contributed by atoms with Crippen LogP contribution in [0.5, 0.6) is 0 Å². The molecule has 0 aliphatic heterocycles. The van der Waals surface area contributed by atoms with Crippen LogP contribution in [0.2, 0.25) is 0 Å². The lowest BCUT2D eigenvalue weighted by atomic mass is 10.1. The third-order valence-corrected chi connectivity index (χ3v) is 3.37. The number of nitriles is 1. The number of nitrogens with two attached hydrogens (primary N) is 1. The second-order valence-electron chi connectivity index (χ2n) is 4.72. The number of nitrogens with zero attached hydrogens (tertiary/aromatic N) is 3. The third-order valence-electron chi connectivity index (χ3n) is 3.37. The van der Waals surface area contributed by atoms with E-state index in [2.05, 4.69) is 11.2 Å². The molecule has 1 aromatic heterocycles. The van der Waals surface area contributed by atoms with Gasteiger partial charge < -0.3 is 5.73 Å². The van der Waals surface area contributed by atoms with Crippen molar-refractivity contribution in [2.75, 3.05) is 5.73 Å². The molecule has 0 spiro atoms. The van der Waals surface area contributed by atoms with Crippen molar-refractivity contribution in [3.05, 3.63) is 35.4 Å². The fourth-order valence-electron chi connectivity index (χ4n) is 2.10. The highest BCUT2D eigenvalue weighted by molar-refractivity contribution is 5.68. The predicted octanol–water partition coefficient (Wildman–Crippen LogP) is 2.65. The molecule has 1 saturated carbocycles. The van der Waals surface area contributed by atoms with Gasteiger partial charge in [-0.05, 0) is 31.9 Å². The van der Waals surface area contributed by atoms with Crippen molar-refractivity contribution in [2.24, 2.45) is 0 Å². The first-order chi connectivity index (χ1) is 8.70. The van der Waals surface area contributed by atoms with Gasteiger partial charge in [0.1, 0.15) is 5.82 Å². The maximum Gasteiger partial charge on any atom is 0.125 e. The van der Waals surface area contributed by atoms with Gasteiger partial charge in [-0.1, -0.05) is 12.1 Å². The molecule has 90 valence electrons. The average molecular weight is 238 g/mol. The maximum atomic E-state index is 8.79. The molecule has 1 aliphatic carbocycles. The van der Waals surface area contributed by atoms with Gasteiger partial charge in [0.2, 0.25) is 0 Å². The molecule has 1 aromatic carbocycles. The van der Waals surface area contributed by atoms with Crippen LogP contribution < -0.4 is 5.73 Å². The Hall–Kier alpha value is -2.28. The summed E-state index contributed by atoms with van der Waals surface area (Å²) in [5, 5.41) is 13.4. The van der Waals surface area contributed by atoms with Crippen molar-refractivity contribution in [3.63, 3.8) is 0 Å². The van der Waals surface area contributed by atoms with Gasteiger partial charge in [-0.3, -0.25) is 0 Å². The molecule has 0 unspecified atom stereocenters. The summed E-state index contributed by atoms with van der Waals surface area (Å²) in [5.74, 6) is 0.761. The minimum absolute atomic E-state index is 0.482. The van der Waals surface area contributed by atoms with Gasteiger partial charge in [0, 0.05) is 11.1 Å². The number of hydrogen-bond donors (Lipinski definition) is 1. The second-order valence-corrected chi connectivity index (χ2v) is 4.72. The molecule has 3 rings (SSSR count). The highest BCUT2D eigenvalue weighted by Gasteiger charge is 2.28. The first-order valence-corrected chi connectivity index (χ1v) is 6.06. The van der Waals surface area contributed by atoms with Crippen LogP contribution >= 0.6 is 0 Å². The first kappa shape index (κ1) is 10.8. The van der Waals surface area contributed by atoms with Crippen LogP contribution in [0, 0.1) is 18.3 Å². The molecule has 0 radical (unpaired) electrons. The van der Waals surface area contributed by atoms with Gasteiger partial charge in [-0.15, -0.1) is 0 Å². The summed E-state index contributed by atoms with van der Waals surface area (Å²) >= 11 is 0. The quantitative estimate of drug-likeness (QED) is 0.874. The van der Waals surface area contributed by atoms with Crippen LogP contribution in [0.15, 0.2) is 24.3 Å². The van der Waals surface area contributed by atoms with Gasteiger partial charge >= 0.3 is 0 Å². The van der Waals surface area contributed by atoms with E-state index in [1.807, 2.05) is 23.7 Å². The predicted molar refractivity (Wildman–Crippen MR) is 69.8 cm³/mol. The number of benzene rings is 1. The lowest BCUT2D eigenvalue weighted by Crippen LogP contribution is -2.02. The zero-order chi connectivity index (χ0) is 12.7. The molecular formula is C14H14N4. The van der Waals surface area contributed by atoms with Crippen LogP contribution in [0.25, 0.3) is 11.3 Å². The van der Waals surface area contributed by atoms with Crippen LogP contribution in [-0.4, -0.2) is 9.78 Å². The fourth-order valence-corrected chi connectivity index (χ4v) is 2.10. The van der Waals surface area contributed by atoms with Gasteiger partial charge in [-0.25, -0.2) is 4.68 Å². The summed E-state index contributed by atoms with van der Waals surface area (Å²) in [6.07, 6.45) is 2.33. The molecule has 1 fully saturated rings. The van der Waals surface area contributed by atoms with E-state index in [9.17, 15) is 0 Å². The second kappa shape index (κ2) is 3.88. The van der Waals surface area contributed by atoms with E-state index in [1.165, 1.54) is 0 Å². The third kappa shape index (κ3) is 1.65. The van der Waals surface area contributed by atoms with Crippen LogP contribution in [0.3, 0.4) is 0 Å². The Labute approximate surface area is 106 Å². The van der Waals surface area contributed by atoms with Crippen molar-refractivity contribution in [3.8, 4) is 17.3 Å². The first-order valence-electron chi connectivity index (χ1n) is 6.06. The molecule has 4 heteroatoms. The Morgan fingerprint density at radius 1 is 1.33 bits per heavy atom. The molecule has 18 heavy (non-hydrogen) atoms. The summed E-state index contributed by atoms with van der Waals surface area (Å²) in [6, 6.07) is 10.1. The van der Waals surface area contributed by atoms with Crippen molar-refractivity contribution in [2.45, 2.75) is 25.8 Å². The lowest BCUT2D eigenvalue weighted by molar-refractivity contribution is 0.653. The maximum absolute atomic E-state index is 8.79. The summed E-state index contributed by atoms with van der Waals surface area (Å²) in [5.41, 5.74) is 9.70. The van der Waals surface area contributed by atoms with E-state index < -0.39 is 0 Å². The number of anilines is 1. The topological polar surface area (TPSA) is 67.6 Å². The number of rotatable bonds is 2. The smallest absolute Gasteiger partial charge is 0.125 e. The molecular weight excluding hydrogens is 224 g/mol. The zero-order valence-electron chi connectivity index (χ0n) is 10.2. The van der Waals surface area contributed by atoms with Crippen LogP contribution in [0.1, 0.15) is 30.0 Å². The monoisotopic (exact) mass is 238 g/mol. The Balaban J connectivity index is 2.05. The SMILES string of the molecule is Cc1c(-c2ccc(C#N)cc2)nn(C2CC2)c1N. The molecule has 2 aromatic rings. The molecule has 0 amide bonds. The number of aromatic nitrogens is 2. The van der Waals surface area contributed by atoms with E-state index in [4.69, 9.17) is 11.0 Å². The van der Waals surface area contributed by atoms with Crippen LogP contribution in [-0.2, 0) is 0 Å². The molecule has 0 atom stereocenters. The standard InChI is InChI=1S/C14H14N4/c1-9-13(11-4-2-10(8-15)3-5-11)17-18(14(9)16)12-6-7-12/h2-5,12H,6-7,16H2,1H3. The highest BCUT2D eigenvalue weighted by atomic mass is 15.3. The Kier molecular flexibility index (Phi) is 2.34. The highest BCUT2D eigenvalue weighted by Crippen LogP contribution is 2.39. The van der Waals surface area contributed by atoms with Crippen LogP contribution in [0.4, 0.5) is 5.82 Å². The van der Waals surface area contributed by atoms with E-state index in [1.54, 1.807) is 12.1 Å². The van der Waals surface area contributed by atoms with Crippen molar-refractivity contribution >= 4 is 5.82 Å². The molecule has 0 bridgehead atoms. The Bertz CT molecular complexity index is 627. The van der Waals surface area contributed by atoms with Gasteiger partial charge in [0.25, 0.3) is 0 Å². The summed E-state index contributed by atoms with van der Waals surface area (Å²) in [7, 11) is 0. The van der Waals surface area contributed by atoms with E-state index in [0.29, 0.717) is 11.6 Å². The minimum Gasteiger partial charge on any atom is -0.384 e. The average Bonchev–Trinajstić information content (AvgIpc) is 3.19. The van der Waals surface area contributed by atoms with E-state index in [-0.39, 0.29) is 0 Å². The number of hydrogen-bond acceptors (Lipinski definition) is 3.